The number of aromatic nitrogens is 4. The number of aryl methyl sites for hydroxylation is 1. The van der Waals surface area contributed by atoms with E-state index in [1.807, 2.05) is 19.1 Å². The van der Waals surface area contributed by atoms with E-state index in [-0.39, 0.29) is 0 Å². The van der Waals surface area contributed by atoms with E-state index in [9.17, 15) is 0 Å². The molecular formula is C9H6BrClN4O. The Balaban J connectivity index is 2.28. The molecule has 1 N–H and O–H groups in total. The molecule has 0 aliphatic heterocycles. The summed E-state index contributed by atoms with van der Waals surface area (Å²) in [5.74, 6) is 2.06. The third kappa shape index (κ3) is 1.30. The fourth-order valence-electron chi connectivity index (χ4n) is 1.49. The van der Waals surface area contributed by atoms with Gasteiger partial charge in [-0.3, -0.25) is 5.10 Å². The zero-order valence-corrected chi connectivity index (χ0v) is 10.5. The van der Waals surface area contributed by atoms with Crippen molar-refractivity contribution in [2.24, 2.45) is 0 Å². The van der Waals surface area contributed by atoms with Gasteiger partial charge in [0.2, 0.25) is 5.82 Å². The number of nitrogens with zero attached hydrogens (tertiary/aromatic N) is 3. The molecule has 5 nitrogen and oxygen atoms in total. The molecule has 0 aromatic carbocycles. The van der Waals surface area contributed by atoms with Crippen LogP contribution in [-0.4, -0.2) is 19.8 Å². The van der Waals surface area contributed by atoms with Crippen LogP contribution in [0.25, 0.3) is 17.2 Å². The highest BCUT2D eigenvalue weighted by molar-refractivity contribution is 9.10. The number of nitrogens with one attached hydrogen (secondary N) is 1. The smallest absolute Gasteiger partial charge is 0.219 e. The first kappa shape index (κ1) is 9.92. The van der Waals surface area contributed by atoms with Gasteiger partial charge < -0.3 is 4.42 Å². The molecule has 0 aliphatic rings. The zero-order valence-electron chi connectivity index (χ0n) is 8.16. The highest BCUT2D eigenvalue weighted by Gasteiger charge is 2.17. The van der Waals surface area contributed by atoms with Crippen LogP contribution in [-0.2, 0) is 0 Å². The van der Waals surface area contributed by atoms with Crippen LogP contribution in [0.5, 0.6) is 0 Å². The van der Waals surface area contributed by atoms with Crippen molar-refractivity contribution in [3.63, 3.8) is 0 Å². The van der Waals surface area contributed by atoms with E-state index in [1.165, 1.54) is 0 Å². The van der Waals surface area contributed by atoms with Crippen molar-refractivity contribution >= 4 is 33.2 Å². The molecule has 0 saturated heterocycles. The lowest BCUT2D eigenvalue weighted by molar-refractivity contribution is 0.542. The maximum atomic E-state index is 5.94. The van der Waals surface area contributed by atoms with Gasteiger partial charge in [-0.2, -0.15) is 0 Å². The molecule has 0 saturated carbocycles. The largest absolute Gasteiger partial charge is 0.458 e. The first-order valence-electron chi connectivity index (χ1n) is 4.51. The summed E-state index contributed by atoms with van der Waals surface area (Å²) in [5.41, 5.74) is 0.633. The minimum atomic E-state index is 0.481. The van der Waals surface area contributed by atoms with Crippen LogP contribution in [0, 0.1) is 6.92 Å². The average molecular weight is 302 g/mol. The van der Waals surface area contributed by atoms with Crippen molar-refractivity contribution in [2.75, 3.05) is 0 Å². The fraction of sp³-hybridized carbons (Fsp3) is 0.111. The third-order valence-corrected chi connectivity index (χ3v) is 3.48. The number of hydrogen-bond acceptors (Lipinski definition) is 3. The van der Waals surface area contributed by atoms with Gasteiger partial charge in [0.25, 0.3) is 0 Å². The zero-order chi connectivity index (χ0) is 11.3. The predicted molar refractivity (Wildman–Crippen MR) is 62.5 cm³/mol. The van der Waals surface area contributed by atoms with Gasteiger partial charge in [-0.25, -0.2) is 4.52 Å². The number of H-pyrrole nitrogens is 1. The van der Waals surface area contributed by atoms with Crippen molar-refractivity contribution in [1.29, 1.82) is 0 Å². The van der Waals surface area contributed by atoms with Crippen molar-refractivity contribution in [3.8, 4) is 11.6 Å². The molecule has 82 valence electrons. The average Bonchev–Trinajstić information content (AvgIpc) is 2.88. The van der Waals surface area contributed by atoms with Crippen LogP contribution < -0.4 is 0 Å². The van der Waals surface area contributed by atoms with Gasteiger partial charge in [-0.1, -0.05) is 11.6 Å². The van der Waals surface area contributed by atoms with E-state index in [4.69, 9.17) is 16.0 Å². The second kappa shape index (κ2) is 3.36. The molecule has 0 radical (unpaired) electrons. The van der Waals surface area contributed by atoms with Crippen LogP contribution in [0.4, 0.5) is 0 Å². The van der Waals surface area contributed by atoms with Gasteiger partial charge >= 0.3 is 0 Å². The SMILES string of the molecule is Cc1ccc(-c2nnc3c(Br)c(Cl)[nH]n23)o1. The minimum absolute atomic E-state index is 0.481. The molecule has 0 bridgehead atoms. The van der Waals surface area contributed by atoms with Crippen LogP contribution in [0.2, 0.25) is 5.15 Å². The Morgan fingerprint density at radius 1 is 1.44 bits per heavy atom. The lowest BCUT2D eigenvalue weighted by atomic mass is 10.4. The first-order chi connectivity index (χ1) is 7.66. The summed E-state index contributed by atoms with van der Waals surface area (Å²) in [5, 5.41) is 11.5. The lowest BCUT2D eigenvalue weighted by Crippen LogP contribution is -1.87. The molecule has 3 rings (SSSR count). The normalized spacial score (nSPS) is 11.4. The molecule has 0 fully saturated rings. The molecule has 3 aromatic rings. The summed E-state index contributed by atoms with van der Waals surface area (Å²) >= 11 is 9.26. The van der Waals surface area contributed by atoms with E-state index in [0.29, 0.717) is 26.9 Å². The van der Waals surface area contributed by atoms with E-state index in [1.54, 1.807) is 4.52 Å². The second-order valence-corrected chi connectivity index (χ2v) is 4.50. The summed E-state index contributed by atoms with van der Waals surface area (Å²) in [6.45, 7) is 1.87. The molecule has 0 unspecified atom stereocenters. The molecule has 0 atom stereocenters. The maximum Gasteiger partial charge on any atom is 0.219 e. The molecule has 3 aromatic heterocycles. The number of furan rings is 1. The lowest BCUT2D eigenvalue weighted by Gasteiger charge is -1.91. The molecule has 16 heavy (non-hydrogen) atoms. The summed E-state index contributed by atoms with van der Waals surface area (Å²) in [4.78, 5) is 0. The van der Waals surface area contributed by atoms with E-state index >= 15 is 0 Å². The van der Waals surface area contributed by atoms with Gasteiger partial charge in [0.1, 0.15) is 15.4 Å². The van der Waals surface area contributed by atoms with Crippen LogP contribution >= 0.6 is 27.5 Å². The Labute approximate surface area is 104 Å². The second-order valence-electron chi connectivity index (χ2n) is 3.33. The van der Waals surface area contributed by atoms with E-state index in [0.717, 1.165) is 5.76 Å². The molecule has 7 heteroatoms. The Hall–Kier alpha value is -1.27. The number of rotatable bonds is 1. The van der Waals surface area contributed by atoms with Gasteiger partial charge in [0, 0.05) is 0 Å². The number of hydrogen-bond donors (Lipinski definition) is 1. The Bertz CT molecular complexity index is 668. The Kier molecular flexibility index (Phi) is 2.08. The summed E-state index contributed by atoms with van der Waals surface area (Å²) in [6, 6.07) is 3.71. The Morgan fingerprint density at radius 3 is 2.94 bits per heavy atom. The third-order valence-electron chi connectivity index (χ3n) is 2.22. The Morgan fingerprint density at radius 2 is 2.25 bits per heavy atom. The van der Waals surface area contributed by atoms with Crippen LogP contribution in [0.15, 0.2) is 21.0 Å². The molecule has 0 aliphatic carbocycles. The minimum Gasteiger partial charge on any atom is -0.458 e. The topological polar surface area (TPSA) is 59.1 Å². The van der Waals surface area contributed by atoms with Gasteiger partial charge in [0.15, 0.2) is 11.4 Å². The standard InChI is InChI=1S/C9H6BrClN4O/c1-4-2-3-5(16-4)8-12-13-9-6(10)7(11)14-15(8)9/h2-3,14H,1H3. The quantitative estimate of drug-likeness (QED) is 0.751. The van der Waals surface area contributed by atoms with Gasteiger partial charge in [-0.05, 0) is 35.0 Å². The van der Waals surface area contributed by atoms with Crippen molar-refractivity contribution < 1.29 is 4.42 Å². The highest BCUT2D eigenvalue weighted by atomic mass is 79.9. The van der Waals surface area contributed by atoms with E-state index in [2.05, 4.69) is 31.2 Å². The molecular weight excluding hydrogens is 295 g/mol. The maximum absolute atomic E-state index is 5.94. The van der Waals surface area contributed by atoms with E-state index < -0.39 is 0 Å². The van der Waals surface area contributed by atoms with Crippen molar-refractivity contribution in [1.82, 2.24) is 19.8 Å². The van der Waals surface area contributed by atoms with Gasteiger partial charge in [-0.15, -0.1) is 10.2 Å². The number of halogens is 2. The van der Waals surface area contributed by atoms with Crippen LogP contribution in [0.3, 0.4) is 0 Å². The fourth-order valence-corrected chi connectivity index (χ4v) is 2.01. The molecule has 0 amide bonds. The number of aromatic amines is 1. The molecule has 3 heterocycles. The first-order valence-corrected chi connectivity index (χ1v) is 5.69. The van der Waals surface area contributed by atoms with Gasteiger partial charge in [0.05, 0.1) is 0 Å². The summed E-state index contributed by atoms with van der Waals surface area (Å²) < 4.78 is 7.85. The highest BCUT2D eigenvalue weighted by Crippen LogP contribution is 2.28. The summed E-state index contributed by atoms with van der Waals surface area (Å²) in [6.07, 6.45) is 0. The molecule has 0 spiro atoms. The number of fused-ring (bicyclic) bond motifs is 1. The van der Waals surface area contributed by atoms with Crippen LogP contribution in [0.1, 0.15) is 5.76 Å². The summed E-state index contributed by atoms with van der Waals surface area (Å²) in [7, 11) is 0. The van der Waals surface area contributed by atoms with Crippen molar-refractivity contribution in [2.45, 2.75) is 6.92 Å². The van der Waals surface area contributed by atoms with Crippen molar-refractivity contribution in [3.05, 3.63) is 27.5 Å². The predicted octanol–water partition coefficient (Wildman–Crippen LogP) is 3.04. The monoisotopic (exact) mass is 300 g/mol.